The lowest BCUT2D eigenvalue weighted by atomic mass is 9.79. The molecule has 0 aliphatic carbocycles. The molecule has 0 aromatic rings. The highest BCUT2D eigenvalue weighted by Crippen LogP contribution is 2.28. The van der Waals surface area contributed by atoms with Gasteiger partial charge in [0.15, 0.2) is 0 Å². The maximum Gasteiger partial charge on any atom is 0.222 e. The number of likely N-dealkylation sites (tertiary alicyclic amines) is 1. The highest BCUT2D eigenvalue weighted by atomic mass is 16.5. The first-order valence-corrected chi connectivity index (χ1v) is 7.60. The smallest absolute Gasteiger partial charge is 0.222 e. The number of ether oxygens (including phenoxy) is 1. The van der Waals surface area contributed by atoms with Crippen LogP contribution in [-0.2, 0) is 9.53 Å². The van der Waals surface area contributed by atoms with Crippen molar-refractivity contribution in [1.82, 2.24) is 4.90 Å². The lowest BCUT2D eigenvalue weighted by Gasteiger charge is -2.42. The number of amides is 1. The van der Waals surface area contributed by atoms with Crippen LogP contribution in [0.4, 0.5) is 0 Å². The average molecular weight is 268 g/mol. The van der Waals surface area contributed by atoms with Gasteiger partial charge in [-0.15, -0.1) is 0 Å². The van der Waals surface area contributed by atoms with Crippen LogP contribution in [-0.4, -0.2) is 43.2 Å². The van der Waals surface area contributed by atoms with E-state index in [9.17, 15) is 4.79 Å². The predicted octanol–water partition coefficient (Wildman–Crippen LogP) is 1.78. The molecule has 2 heterocycles. The normalized spacial score (nSPS) is 28.4. The maximum atomic E-state index is 12.3. The Labute approximate surface area is 116 Å². The van der Waals surface area contributed by atoms with Gasteiger partial charge in [-0.25, -0.2) is 0 Å². The maximum absolute atomic E-state index is 12.3. The van der Waals surface area contributed by atoms with Gasteiger partial charge in [0, 0.05) is 38.8 Å². The number of carbonyl (C=O) groups is 1. The molecule has 0 saturated carbocycles. The van der Waals surface area contributed by atoms with E-state index in [1.165, 1.54) is 0 Å². The van der Waals surface area contributed by atoms with Crippen molar-refractivity contribution in [2.75, 3.05) is 26.3 Å². The fraction of sp³-hybridized carbons (Fsp3) is 0.933. The summed E-state index contributed by atoms with van der Waals surface area (Å²) in [6.45, 7) is 7.69. The van der Waals surface area contributed by atoms with Crippen molar-refractivity contribution in [3.8, 4) is 0 Å². The van der Waals surface area contributed by atoms with Crippen molar-refractivity contribution >= 4 is 5.91 Å². The first-order valence-electron chi connectivity index (χ1n) is 7.60. The van der Waals surface area contributed by atoms with E-state index in [1.807, 2.05) is 4.90 Å². The van der Waals surface area contributed by atoms with Crippen LogP contribution in [0.15, 0.2) is 0 Å². The molecule has 2 aliphatic rings. The summed E-state index contributed by atoms with van der Waals surface area (Å²) in [7, 11) is 0. The van der Waals surface area contributed by atoms with Gasteiger partial charge in [-0.3, -0.25) is 4.79 Å². The monoisotopic (exact) mass is 268 g/mol. The molecule has 0 radical (unpaired) electrons. The molecular formula is C15H28N2O2. The van der Waals surface area contributed by atoms with Crippen LogP contribution in [0, 0.1) is 11.3 Å². The summed E-state index contributed by atoms with van der Waals surface area (Å²) >= 11 is 0. The Morgan fingerprint density at radius 3 is 2.63 bits per heavy atom. The van der Waals surface area contributed by atoms with Gasteiger partial charge in [-0.05, 0) is 37.0 Å². The lowest BCUT2D eigenvalue weighted by molar-refractivity contribution is -0.135. The summed E-state index contributed by atoms with van der Waals surface area (Å²) < 4.78 is 5.35. The van der Waals surface area contributed by atoms with Crippen molar-refractivity contribution in [1.29, 1.82) is 0 Å². The van der Waals surface area contributed by atoms with Gasteiger partial charge in [-0.1, -0.05) is 13.8 Å². The molecule has 1 atom stereocenters. The second kappa shape index (κ2) is 6.23. The Morgan fingerprint density at radius 1 is 1.32 bits per heavy atom. The molecule has 2 saturated heterocycles. The first-order chi connectivity index (χ1) is 8.99. The van der Waals surface area contributed by atoms with Gasteiger partial charge in [-0.2, -0.15) is 0 Å². The van der Waals surface area contributed by atoms with Gasteiger partial charge in [0.25, 0.3) is 0 Å². The molecule has 1 unspecified atom stereocenters. The lowest BCUT2D eigenvalue weighted by Crippen LogP contribution is -2.54. The van der Waals surface area contributed by atoms with Crippen molar-refractivity contribution in [2.24, 2.45) is 17.1 Å². The highest BCUT2D eigenvalue weighted by molar-refractivity contribution is 5.76. The highest BCUT2D eigenvalue weighted by Gasteiger charge is 2.35. The zero-order valence-corrected chi connectivity index (χ0v) is 12.4. The van der Waals surface area contributed by atoms with E-state index in [0.717, 1.165) is 52.0 Å². The zero-order chi connectivity index (χ0) is 13.9. The Bertz CT molecular complexity index is 311. The molecule has 2 N–H and O–H groups in total. The largest absolute Gasteiger partial charge is 0.381 e. The third-order valence-electron chi connectivity index (χ3n) is 4.77. The van der Waals surface area contributed by atoms with Gasteiger partial charge >= 0.3 is 0 Å². The third-order valence-corrected chi connectivity index (χ3v) is 4.77. The average Bonchev–Trinajstić information content (AvgIpc) is 2.40. The standard InChI is InChI=1S/C15H28N2O2/c1-15(2)11-17(8-5-13(15)16)14(18)4-3-12-6-9-19-10-7-12/h12-13H,3-11,16H2,1-2H3. The Morgan fingerprint density at radius 2 is 2.00 bits per heavy atom. The van der Waals surface area contributed by atoms with E-state index < -0.39 is 0 Å². The zero-order valence-electron chi connectivity index (χ0n) is 12.4. The Kier molecular flexibility index (Phi) is 4.85. The Hall–Kier alpha value is -0.610. The van der Waals surface area contributed by atoms with E-state index in [2.05, 4.69) is 13.8 Å². The summed E-state index contributed by atoms with van der Waals surface area (Å²) in [5.74, 6) is 0.990. The fourth-order valence-electron chi connectivity index (χ4n) is 3.11. The predicted molar refractivity (Wildman–Crippen MR) is 75.7 cm³/mol. The van der Waals surface area contributed by atoms with Gasteiger partial charge < -0.3 is 15.4 Å². The number of piperidine rings is 1. The summed E-state index contributed by atoms with van der Waals surface area (Å²) in [6.07, 6.45) is 4.87. The minimum absolute atomic E-state index is 0.0482. The first kappa shape index (κ1) is 14.8. The molecule has 4 heteroatoms. The van der Waals surface area contributed by atoms with E-state index >= 15 is 0 Å². The minimum Gasteiger partial charge on any atom is -0.381 e. The Balaban J connectivity index is 1.76. The molecule has 0 spiro atoms. The fourth-order valence-corrected chi connectivity index (χ4v) is 3.11. The second-order valence-corrected chi connectivity index (χ2v) is 6.79. The number of hydrogen-bond acceptors (Lipinski definition) is 3. The molecule has 2 aliphatic heterocycles. The molecule has 110 valence electrons. The summed E-state index contributed by atoms with van der Waals surface area (Å²) in [4.78, 5) is 14.3. The van der Waals surface area contributed by atoms with Crippen molar-refractivity contribution in [3.63, 3.8) is 0 Å². The van der Waals surface area contributed by atoms with Crippen LogP contribution < -0.4 is 5.73 Å². The van der Waals surface area contributed by atoms with Gasteiger partial charge in [0.1, 0.15) is 0 Å². The molecule has 0 aromatic carbocycles. The van der Waals surface area contributed by atoms with E-state index in [-0.39, 0.29) is 11.5 Å². The molecule has 2 fully saturated rings. The summed E-state index contributed by atoms with van der Waals surface area (Å²) in [5.41, 5.74) is 6.16. The van der Waals surface area contributed by atoms with Crippen LogP contribution in [0.1, 0.15) is 46.0 Å². The van der Waals surface area contributed by atoms with Crippen LogP contribution in [0.25, 0.3) is 0 Å². The van der Waals surface area contributed by atoms with Crippen LogP contribution in [0.2, 0.25) is 0 Å². The SMILES string of the molecule is CC1(C)CN(C(=O)CCC2CCOCC2)CCC1N. The number of carbonyl (C=O) groups excluding carboxylic acids is 1. The summed E-state index contributed by atoms with van der Waals surface area (Å²) in [5, 5.41) is 0. The quantitative estimate of drug-likeness (QED) is 0.849. The number of nitrogens with zero attached hydrogens (tertiary/aromatic N) is 1. The number of hydrogen-bond donors (Lipinski definition) is 1. The number of rotatable bonds is 3. The molecule has 1 amide bonds. The van der Waals surface area contributed by atoms with Crippen molar-refractivity contribution in [3.05, 3.63) is 0 Å². The molecule has 4 nitrogen and oxygen atoms in total. The number of nitrogens with two attached hydrogens (primary N) is 1. The minimum atomic E-state index is 0.0482. The second-order valence-electron chi connectivity index (χ2n) is 6.79. The molecule has 19 heavy (non-hydrogen) atoms. The molecular weight excluding hydrogens is 240 g/mol. The van der Waals surface area contributed by atoms with Crippen molar-refractivity contribution < 1.29 is 9.53 Å². The topological polar surface area (TPSA) is 55.6 Å². The van der Waals surface area contributed by atoms with Crippen LogP contribution in [0.3, 0.4) is 0 Å². The molecule has 0 bridgehead atoms. The molecule has 2 rings (SSSR count). The van der Waals surface area contributed by atoms with E-state index in [1.54, 1.807) is 0 Å². The van der Waals surface area contributed by atoms with Crippen LogP contribution in [0.5, 0.6) is 0 Å². The third kappa shape index (κ3) is 3.93. The van der Waals surface area contributed by atoms with E-state index in [0.29, 0.717) is 18.2 Å². The van der Waals surface area contributed by atoms with Crippen LogP contribution >= 0.6 is 0 Å². The van der Waals surface area contributed by atoms with Gasteiger partial charge in [0.05, 0.1) is 0 Å². The van der Waals surface area contributed by atoms with Crippen molar-refractivity contribution in [2.45, 2.75) is 52.0 Å². The molecule has 0 aromatic heterocycles. The summed E-state index contributed by atoms with van der Waals surface area (Å²) in [6, 6.07) is 0.215. The van der Waals surface area contributed by atoms with E-state index in [4.69, 9.17) is 10.5 Å². The van der Waals surface area contributed by atoms with Gasteiger partial charge in [0.2, 0.25) is 5.91 Å².